The van der Waals surface area contributed by atoms with Crippen LogP contribution >= 0.6 is 0 Å². The van der Waals surface area contributed by atoms with Crippen molar-refractivity contribution >= 4 is 15.7 Å². The molecule has 0 spiro atoms. The highest BCUT2D eigenvalue weighted by molar-refractivity contribution is 7.92. The van der Waals surface area contributed by atoms with Gasteiger partial charge in [-0.15, -0.1) is 0 Å². The van der Waals surface area contributed by atoms with Crippen molar-refractivity contribution in [3.05, 3.63) is 11.8 Å². The molecule has 26 heavy (non-hydrogen) atoms. The van der Waals surface area contributed by atoms with Gasteiger partial charge >= 0.3 is 0 Å². The zero-order chi connectivity index (χ0) is 20.2. The smallest absolute Gasteiger partial charge is 0.247 e. The first-order valence-electron chi connectivity index (χ1n) is 8.68. The minimum absolute atomic E-state index is 0.0493. The number of aromatic nitrogens is 1. The van der Waals surface area contributed by atoms with Gasteiger partial charge in [-0.2, -0.15) is 0 Å². The molecule has 0 fully saturated rings. The maximum Gasteiger partial charge on any atom is 0.247 e. The van der Waals surface area contributed by atoms with Crippen molar-refractivity contribution in [2.45, 2.75) is 70.0 Å². The summed E-state index contributed by atoms with van der Waals surface area (Å²) in [5.74, 6) is -2.83. The lowest BCUT2D eigenvalue weighted by Gasteiger charge is -2.25. The molecule has 0 atom stereocenters. The Morgan fingerprint density at radius 3 is 2.42 bits per heavy atom. The van der Waals surface area contributed by atoms with Crippen LogP contribution in [0.5, 0.6) is 0 Å². The Balaban J connectivity index is 2.67. The molecule has 6 nitrogen and oxygen atoms in total. The molecule has 9 heteroatoms. The fourth-order valence-electron chi connectivity index (χ4n) is 2.14. The van der Waals surface area contributed by atoms with E-state index in [9.17, 15) is 22.3 Å². The van der Waals surface area contributed by atoms with Crippen molar-refractivity contribution < 1.29 is 26.8 Å². The number of anilines is 1. The number of nitrogens with one attached hydrogen (secondary N) is 1. The first-order chi connectivity index (χ1) is 11.8. The number of nitrogens with zero attached hydrogens (tertiary/aromatic N) is 1. The normalized spacial score (nSPS) is 13.8. The van der Waals surface area contributed by atoms with Gasteiger partial charge in [-0.25, -0.2) is 17.2 Å². The molecule has 1 aromatic rings. The van der Waals surface area contributed by atoms with E-state index in [1.54, 1.807) is 33.8 Å². The van der Waals surface area contributed by atoms with E-state index in [0.717, 1.165) is 0 Å². The molecule has 0 aliphatic carbocycles. The second-order valence-corrected chi connectivity index (χ2v) is 10.6. The first kappa shape index (κ1) is 22.8. The summed E-state index contributed by atoms with van der Waals surface area (Å²) >= 11 is 0. The lowest BCUT2D eigenvalue weighted by Crippen LogP contribution is -2.40. The fraction of sp³-hybridized carbons (Fsp3) is 0.824. The van der Waals surface area contributed by atoms with Crippen molar-refractivity contribution in [2.75, 3.05) is 24.2 Å². The van der Waals surface area contributed by atoms with Crippen molar-refractivity contribution in [1.82, 2.24) is 5.16 Å². The van der Waals surface area contributed by atoms with E-state index in [2.05, 4.69) is 10.5 Å². The lowest BCUT2D eigenvalue weighted by molar-refractivity contribution is -0.0117. The van der Waals surface area contributed by atoms with Crippen molar-refractivity contribution in [3.8, 4) is 0 Å². The summed E-state index contributed by atoms with van der Waals surface area (Å²) in [6.45, 7) is 8.01. The third-order valence-corrected chi connectivity index (χ3v) is 7.26. The van der Waals surface area contributed by atoms with Crippen molar-refractivity contribution in [1.29, 1.82) is 0 Å². The summed E-state index contributed by atoms with van der Waals surface area (Å²) in [5.41, 5.74) is -0.0276. The molecule has 0 aromatic carbocycles. The fourth-order valence-corrected chi connectivity index (χ4v) is 3.51. The summed E-state index contributed by atoms with van der Waals surface area (Å²) in [7, 11) is -3.58. The number of rotatable bonds is 11. The SMILES string of the molecule is CCC(F)(F)CCCS(=O)(=O)C(C)(C)CNc1cc(C(C)(C)CO)no1. The number of hydrogen-bond acceptors (Lipinski definition) is 6. The van der Waals surface area contributed by atoms with Gasteiger partial charge in [0.25, 0.3) is 0 Å². The lowest BCUT2D eigenvalue weighted by atomic mass is 9.91. The van der Waals surface area contributed by atoms with E-state index in [1.807, 2.05) is 0 Å². The van der Waals surface area contributed by atoms with Crippen LogP contribution in [0.2, 0.25) is 0 Å². The zero-order valence-electron chi connectivity index (χ0n) is 16.1. The van der Waals surface area contributed by atoms with Crippen LogP contribution in [0.1, 0.15) is 59.6 Å². The number of sulfone groups is 1. The van der Waals surface area contributed by atoms with Gasteiger partial charge in [0.05, 0.1) is 22.8 Å². The van der Waals surface area contributed by atoms with Gasteiger partial charge in [0.2, 0.25) is 11.8 Å². The topological polar surface area (TPSA) is 92.4 Å². The van der Waals surface area contributed by atoms with E-state index in [4.69, 9.17) is 4.52 Å². The van der Waals surface area contributed by atoms with Crippen molar-refractivity contribution in [2.24, 2.45) is 0 Å². The molecule has 1 aromatic heterocycles. The predicted molar refractivity (Wildman–Crippen MR) is 97.4 cm³/mol. The Kier molecular flexibility index (Phi) is 7.20. The van der Waals surface area contributed by atoms with Gasteiger partial charge in [0.1, 0.15) is 0 Å². The second-order valence-electron chi connectivity index (χ2n) is 7.86. The van der Waals surface area contributed by atoms with Gasteiger partial charge in [-0.1, -0.05) is 25.9 Å². The van der Waals surface area contributed by atoms with Crippen LogP contribution in [-0.4, -0.2) is 48.3 Å². The maximum atomic E-state index is 13.3. The summed E-state index contributed by atoms with van der Waals surface area (Å²) in [6.07, 6.45) is -0.812. The standard InChI is InChI=1S/C17H30F2N2O4S/c1-6-17(18,19)8-7-9-26(23,24)16(4,5)11-20-14-10-13(21-25-14)15(2,3)12-22/h10,20,22H,6-9,11-12H2,1-5H3. The molecule has 0 bridgehead atoms. The highest BCUT2D eigenvalue weighted by atomic mass is 32.2. The van der Waals surface area contributed by atoms with Gasteiger partial charge in [-0.05, 0) is 20.3 Å². The summed E-state index contributed by atoms with van der Waals surface area (Å²) in [5, 5.41) is 16.1. The number of halogens is 2. The highest BCUT2D eigenvalue weighted by Gasteiger charge is 2.35. The van der Waals surface area contributed by atoms with E-state index in [0.29, 0.717) is 11.6 Å². The predicted octanol–water partition coefficient (Wildman–Crippen LogP) is 3.38. The zero-order valence-corrected chi connectivity index (χ0v) is 16.9. The molecule has 0 unspecified atom stereocenters. The minimum Gasteiger partial charge on any atom is -0.395 e. The Morgan fingerprint density at radius 2 is 1.88 bits per heavy atom. The summed E-state index contributed by atoms with van der Waals surface area (Å²) in [4.78, 5) is 0. The van der Waals surface area contributed by atoms with E-state index in [1.165, 1.54) is 6.92 Å². The number of aliphatic hydroxyl groups excluding tert-OH is 1. The number of hydrogen-bond donors (Lipinski definition) is 2. The van der Waals surface area contributed by atoms with E-state index in [-0.39, 0.29) is 31.7 Å². The molecule has 0 amide bonds. The van der Waals surface area contributed by atoms with Gasteiger partial charge in [-0.3, -0.25) is 0 Å². The van der Waals surface area contributed by atoms with Crippen LogP contribution in [-0.2, 0) is 15.3 Å². The maximum absolute atomic E-state index is 13.3. The molecule has 152 valence electrons. The molecule has 2 N–H and O–H groups in total. The second kappa shape index (κ2) is 8.21. The largest absolute Gasteiger partial charge is 0.395 e. The molecular weight excluding hydrogens is 366 g/mol. The monoisotopic (exact) mass is 396 g/mol. The molecule has 0 saturated carbocycles. The molecule has 1 heterocycles. The molecule has 0 aliphatic rings. The molecule has 0 saturated heterocycles. The Hall–Kier alpha value is -1.22. The Morgan fingerprint density at radius 1 is 1.27 bits per heavy atom. The van der Waals surface area contributed by atoms with E-state index < -0.39 is 32.3 Å². The third-order valence-electron chi connectivity index (χ3n) is 4.60. The molecular formula is C17H30F2N2O4S. The van der Waals surface area contributed by atoms with Crippen LogP contribution < -0.4 is 5.32 Å². The minimum atomic E-state index is -3.58. The van der Waals surface area contributed by atoms with Crippen LogP contribution in [0, 0.1) is 0 Å². The third kappa shape index (κ3) is 5.90. The van der Waals surface area contributed by atoms with Crippen LogP contribution in [0.3, 0.4) is 0 Å². The van der Waals surface area contributed by atoms with Crippen LogP contribution in [0.15, 0.2) is 10.6 Å². The quantitative estimate of drug-likeness (QED) is 0.596. The average molecular weight is 397 g/mol. The average Bonchev–Trinajstić information content (AvgIpc) is 3.02. The van der Waals surface area contributed by atoms with Crippen LogP contribution in [0.4, 0.5) is 14.7 Å². The molecule has 0 radical (unpaired) electrons. The van der Waals surface area contributed by atoms with Gasteiger partial charge < -0.3 is 14.9 Å². The number of alkyl halides is 2. The van der Waals surface area contributed by atoms with Gasteiger partial charge in [0.15, 0.2) is 9.84 Å². The highest BCUT2D eigenvalue weighted by Crippen LogP contribution is 2.27. The number of aliphatic hydroxyl groups is 1. The van der Waals surface area contributed by atoms with Crippen molar-refractivity contribution in [3.63, 3.8) is 0 Å². The summed E-state index contributed by atoms with van der Waals surface area (Å²) < 4.78 is 55.5. The molecule has 1 rings (SSSR count). The molecule has 0 aliphatic heterocycles. The Bertz CT molecular complexity index is 685. The first-order valence-corrected chi connectivity index (χ1v) is 10.3. The van der Waals surface area contributed by atoms with Crippen LogP contribution in [0.25, 0.3) is 0 Å². The summed E-state index contributed by atoms with van der Waals surface area (Å²) in [6, 6.07) is 1.61. The van der Waals surface area contributed by atoms with E-state index >= 15 is 0 Å². The van der Waals surface area contributed by atoms with Gasteiger partial charge in [0, 0.05) is 30.9 Å². The Labute approximate surface area is 154 Å².